The third-order valence-electron chi connectivity index (χ3n) is 5.61. The number of aryl methyl sites for hydroxylation is 1. The highest BCUT2D eigenvalue weighted by Crippen LogP contribution is 2.29. The third-order valence-corrected chi connectivity index (χ3v) is 5.61. The van der Waals surface area contributed by atoms with Gasteiger partial charge in [0.05, 0.1) is 7.11 Å². The molecular formula is C24H26N4O3. The van der Waals surface area contributed by atoms with Crippen molar-refractivity contribution in [2.45, 2.75) is 25.3 Å². The molecule has 1 aliphatic heterocycles. The van der Waals surface area contributed by atoms with Gasteiger partial charge in [0.15, 0.2) is 0 Å². The summed E-state index contributed by atoms with van der Waals surface area (Å²) in [5, 5.41) is 3.09. The first-order valence-corrected chi connectivity index (χ1v) is 10.4. The Kier molecular flexibility index (Phi) is 6.02. The van der Waals surface area contributed by atoms with Gasteiger partial charge in [0, 0.05) is 49.2 Å². The summed E-state index contributed by atoms with van der Waals surface area (Å²) in [6, 6.07) is 14.3. The molecule has 1 fully saturated rings. The van der Waals surface area contributed by atoms with Crippen molar-refractivity contribution in [2.75, 3.05) is 18.6 Å². The Morgan fingerprint density at radius 2 is 1.90 bits per heavy atom. The van der Waals surface area contributed by atoms with Gasteiger partial charge in [0.1, 0.15) is 17.6 Å². The van der Waals surface area contributed by atoms with E-state index in [1.165, 1.54) is 0 Å². The summed E-state index contributed by atoms with van der Waals surface area (Å²) in [4.78, 5) is 31.5. The molecule has 1 N–H and O–H groups in total. The number of piperidine rings is 1. The molecule has 1 saturated heterocycles. The van der Waals surface area contributed by atoms with Gasteiger partial charge in [-0.1, -0.05) is 18.2 Å². The molecule has 7 heteroatoms. The van der Waals surface area contributed by atoms with Crippen LogP contribution in [0.1, 0.15) is 47.1 Å². The van der Waals surface area contributed by atoms with E-state index >= 15 is 0 Å². The van der Waals surface area contributed by atoms with Gasteiger partial charge in [-0.2, -0.15) is 0 Å². The van der Waals surface area contributed by atoms with E-state index in [1.807, 2.05) is 54.2 Å². The summed E-state index contributed by atoms with van der Waals surface area (Å²) < 4.78 is 7.40. The van der Waals surface area contributed by atoms with Crippen LogP contribution in [0.4, 0.5) is 5.69 Å². The largest absolute Gasteiger partial charge is 0.496 e. The Balaban J connectivity index is 1.59. The molecule has 1 atom stereocenters. The first kappa shape index (κ1) is 20.7. The molecule has 4 rings (SSSR count). The summed E-state index contributed by atoms with van der Waals surface area (Å²) in [7, 11) is 3.50. The molecule has 2 heterocycles. The van der Waals surface area contributed by atoms with E-state index in [4.69, 9.17) is 4.74 Å². The lowest BCUT2D eigenvalue weighted by Crippen LogP contribution is -2.35. The number of carbonyl (C=O) groups excluding carboxylic acids is 2. The number of methoxy groups -OCH3 is 1. The molecule has 31 heavy (non-hydrogen) atoms. The number of imidazole rings is 1. The van der Waals surface area contributed by atoms with Gasteiger partial charge >= 0.3 is 0 Å². The number of amides is 2. The van der Waals surface area contributed by atoms with E-state index in [0.717, 1.165) is 30.6 Å². The maximum absolute atomic E-state index is 13.1. The number of hydrogen-bond donors (Lipinski definition) is 1. The van der Waals surface area contributed by atoms with Crippen LogP contribution in [0.15, 0.2) is 60.9 Å². The molecule has 3 aromatic rings. The van der Waals surface area contributed by atoms with E-state index in [2.05, 4.69) is 10.3 Å². The molecule has 0 saturated carbocycles. The molecule has 1 unspecified atom stereocenters. The highest BCUT2D eigenvalue weighted by Gasteiger charge is 2.25. The van der Waals surface area contributed by atoms with Crippen LogP contribution in [0.25, 0.3) is 0 Å². The van der Waals surface area contributed by atoms with Gasteiger partial charge in [-0.15, -0.1) is 0 Å². The van der Waals surface area contributed by atoms with Crippen LogP contribution in [-0.2, 0) is 11.8 Å². The minimum absolute atomic E-state index is 0.134. The number of benzene rings is 2. The van der Waals surface area contributed by atoms with Crippen molar-refractivity contribution >= 4 is 17.5 Å². The molecule has 0 spiro atoms. The first-order valence-electron chi connectivity index (χ1n) is 10.4. The zero-order valence-corrected chi connectivity index (χ0v) is 17.7. The van der Waals surface area contributed by atoms with Crippen LogP contribution in [-0.4, -0.2) is 35.0 Å². The van der Waals surface area contributed by atoms with Crippen molar-refractivity contribution in [3.8, 4) is 5.75 Å². The Bertz CT molecular complexity index is 1070. The fraction of sp³-hybridized carbons (Fsp3) is 0.292. The second-order valence-corrected chi connectivity index (χ2v) is 7.59. The van der Waals surface area contributed by atoms with Gasteiger partial charge in [0.25, 0.3) is 5.91 Å². The third kappa shape index (κ3) is 4.30. The fourth-order valence-corrected chi connectivity index (χ4v) is 3.93. The summed E-state index contributed by atoms with van der Waals surface area (Å²) in [5.41, 5.74) is 2.16. The molecule has 160 valence electrons. The lowest BCUT2D eigenvalue weighted by Gasteiger charge is -2.27. The topological polar surface area (TPSA) is 76.5 Å². The summed E-state index contributed by atoms with van der Waals surface area (Å²) in [6.45, 7) is 0.722. The Morgan fingerprint density at radius 3 is 2.58 bits per heavy atom. The number of rotatable bonds is 6. The Morgan fingerprint density at radius 1 is 1.13 bits per heavy atom. The smallest absolute Gasteiger partial charge is 0.252 e. The van der Waals surface area contributed by atoms with E-state index in [0.29, 0.717) is 23.6 Å². The molecule has 7 nitrogen and oxygen atoms in total. The van der Waals surface area contributed by atoms with Crippen LogP contribution in [0.2, 0.25) is 0 Å². The second kappa shape index (κ2) is 9.04. The summed E-state index contributed by atoms with van der Waals surface area (Å²) in [6.07, 6.45) is 6.06. The first-order chi connectivity index (χ1) is 15.1. The Labute approximate surface area is 181 Å². The number of nitrogens with one attached hydrogen (secondary N) is 1. The molecule has 0 bridgehead atoms. The molecule has 0 radical (unpaired) electrons. The summed E-state index contributed by atoms with van der Waals surface area (Å²) >= 11 is 0. The molecule has 1 aromatic heterocycles. The van der Waals surface area contributed by atoms with E-state index < -0.39 is 6.04 Å². The van der Waals surface area contributed by atoms with Gasteiger partial charge < -0.3 is 19.5 Å². The summed E-state index contributed by atoms with van der Waals surface area (Å²) in [5.74, 6) is 1.29. The van der Waals surface area contributed by atoms with Gasteiger partial charge in [0.2, 0.25) is 5.91 Å². The average Bonchev–Trinajstić information content (AvgIpc) is 3.23. The number of nitrogens with zero attached hydrogens (tertiary/aromatic N) is 3. The van der Waals surface area contributed by atoms with Crippen molar-refractivity contribution < 1.29 is 14.3 Å². The maximum atomic E-state index is 13.1. The number of para-hydroxylation sites is 1. The van der Waals surface area contributed by atoms with E-state index in [9.17, 15) is 9.59 Å². The van der Waals surface area contributed by atoms with Crippen LogP contribution < -0.4 is 15.0 Å². The maximum Gasteiger partial charge on any atom is 0.252 e. The Hall–Kier alpha value is -3.61. The van der Waals surface area contributed by atoms with E-state index in [1.54, 1.807) is 30.3 Å². The molecule has 2 aromatic carbocycles. The number of anilines is 1. The quantitative estimate of drug-likeness (QED) is 0.665. The predicted molar refractivity (Wildman–Crippen MR) is 118 cm³/mol. The van der Waals surface area contributed by atoms with Gasteiger partial charge in [-0.25, -0.2) is 4.98 Å². The minimum atomic E-state index is -0.480. The van der Waals surface area contributed by atoms with Crippen molar-refractivity contribution in [3.05, 3.63) is 77.9 Å². The van der Waals surface area contributed by atoms with Gasteiger partial charge in [-0.3, -0.25) is 9.59 Å². The van der Waals surface area contributed by atoms with E-state index in [-0.39, 0.29) is 11.8 Å². The van der Waals surface area contributed by atoms with Crippen LogP contribution in [0.5, 0.6) is 5.75 Å². The normalized spacial score (nSPS) is 14.9. The van der Waals surface area contributed by atoms with Crippen LogP contribution in [0.3, 0.4) is 0 Å². The fourth-order valence-electron chi connectivity index (χ4n) is 3.93. The zero-order chi connectivity index (χ0) is 21.8. The lowest BCUT2D eigenvalue weighted by atomic mass is 10.0. The molecule has 2 amide bonds. The van der Waals surface area contributed by atoms with Crippen molar-refractivity contribution in [3.63, 3.8) is 0 Å². The second-order valence-electron chi connectivity index (χ2n) is 7.59. The highest BCUT2D eigenvalue weighted by atomic mass is 16.5. The van der Waals surface area contributed by atoms with Crippen LogP contribution in [0, 0.1) is 0 Å². The molecule has 0 aliphatic carbocycles. The number of aromatic nitrogens is 2. The van der Waals surface area contributed by atoms with Crippen molar-refractivity contribution in [1.82, 2.24) is 14.9 Å². The SMILES string of the molecule is COc1ccccc1C(NC(=O)c1ccc(N2CCCCC2=O)cc1)c1nccn1C. The minimum Gasteiger partial charge on any atom is -0.496 e. The average molecular weight is 418 g/mol. The van der Waals surface area contributed by atoms with Crippen molar-refractivity contribution in [1.29, 1.82) is 0 Å². The number of carbonyl (C=O) groups is 2. The van der Waals surface area contributed by atoms with Gasteiger partial charge in [-0.05, 0) is 43.2 Å². The number of ether oxygens (including phenoxy) is 1. The zero-order valence-electron chi connectivity index (χ0n) is 17.7. The van der Waals surface area contributed by atoms with Crippen molar-refractivity contribution in [2.24, 2.45) is 7.05 Å². The standard InChI is InChI=1S/C24H26N4O3/c1-27-16-14-25-23(27)22(19-7-3-4-8-20(19)31-2)26-24(30)17-10-12-18(13-11-17)28-15-6-5-9-21(28)29/h3-4,7-8,10-14,16,22H,5-6,9,15H2,1-2H3,(H,26,30). The lowest BCUT2D eigenvalue weighted by molar-refractivity contribution is -0.119. The molecular weight excluding hydrogens is 392 g/mol. The monoisotopic (exact) mass is 418 g/mol. The predicted octanol–water partition coefficient (Wildman–Crippen LogP) is 3.47. The number of hydrogen-bond acceptors (Lipinski definition) is 4. The highest BCUT2D eigenvalue weighted by molar-refractivity contribution is 5.97. The van der Waals surface area contributed by atoms with Crippen LogP contribution >= 0.6 is 0 Å². The molecule has 1 aliphatic rings.